The number of nitrogen functional groups attached to an aromatic ring is 2. The maximum Gasteiger partial charge on any atom is 0.399 e. The molecule has 0 saturated carbocycles. The molecule has 0 aliphatic carbocycles. The third kappa shape index (κ3) is 7.76. The summed E-state index contributed by atoms with van der Waals surface area (Å²) in [4.78, 5) is 3.95. The van der Waals surface area contributed by atoms with E-state index in [4.69, 9.17) is 31.3 Å². The molecule has 0 aliphatic heterocycles. The third-order valence-electron chi connectivity index (χ3n) is 5.36. The van der Waals surface area contributed by atoms with Crippen molar-refractivity contribution in [2.75, 3.05) is 60.7 Å². The molecule has 0 spiro atoms. The molecule has 0 amide bonds. The molecule has 2 aromatic carbocycles. The number of benzene rings is 2. The van der Waals surface area contributed by atoms with Crippen molar-refractivity contribution in [3.05, 3.63) is 47.5 Å². The van der Waals surface area contributed by atoms with Crippen molar-refractivity contribution >= 4 is 33.1 Å². The van der Waals surface area contributed by atoms with Crippen molar-refractivity contribution in [2.24, 2.45) is 11.5 Å². The molecule has 0 aliphatic rings. The first-order valence-corrected chi connectivity index (χ1v) is 12.3. The van der Waals surface area contributed by atoms with Gasteiger partial charge >= 0.3 is 10.4 Å². The molecule has 0 atom stereocenters. The predicted octanol–water partition coefficient (Wildman–Crippen LogP) is 1.40. The lowest BCUT2D eigenvalue weighted by Crippen LogP contribution is -2.30. The Kier molecular flexibility index (Phi) is 10.2. The Hall–Kier alpha value is -2.57. The monoisotopic (exact) mass is 480 g/mol. The second kappa shape index (κ2) is 12.6. The van der Waals surface area contributed by atoms with Crippen LogP contribution in [0.1, 0.15) is 25.0 Å². The Morgan fingerprint density at radius 2 is 1.15 bits per heavy atom. The van der Waals surface area contributed by atoms with E-state index < -0.39 is 10.4 Å². The van der Waals surface area contributed by atoms with Gasteiger partial charge in [0.25, 0.3) is 0 Å². The first-order chi connectivity index (χ1) is 15.7. The highest BCUT2D eigenvalue weighted by atomic mass is 32.3. The van der Waals surface area contributed by atoms with Crippen LogP contribution in [-0.2, 0) is 31.9 Å². The minimum Gasteiger partial charge on any atom is -0.398 e. The number of likely N-dealkylation sites (N-methyl/N-ethyl adjacent to an activating group) is 2. The minimum absolute atomic E-state index is 0.0478. The fourth-order valence-electron chi connectivity index (χ4n) is 3.40. The standard InChI is InChI=1S/C22H36N6O4S/c1-3-27(19-5-7-21(25)17(13-19)15-23)9-11-31-33(29,30)32-12-10-28(4-2)20-6-8-22(26)18(14-20)16-24/h5-8,13-14H,3-4,9-12,15-16,23-26H2,1-2H3. The van der Waals surface area contributed by atoms with Crippen LogP contribution in [0.25, 0.3) is 0 Å². The largest absolute Gasteiger partial charge is 0.399 e. The van der Waals surface area contributed by atoms with Crippen LogP contribution in [-0.4, -0.2) is 47.8 Å². The molecular formula is C22H36N6O4S. The van der Waals surface area contributed by atoms with E-state index in [0.717, 1.165) is 22.5 Å². The zero-order valence-electron chi connectivity index (χ0n) is 19.4. The van der Waals surface area contributed by atoms with Crippen LogP contribution in [0.3, 0.4) is 0 Å². The van der Waals surface area contributed by atoms with E-state index in [9.17, 15) is 8.42 Å². The lowest BCUT2D eigenvalue weighted by atomic mass is 10.1. The van der Waals surface area contributed by atoms with Crippen LogP contribution < -0.4 is 32.7 Å². The van der Waals surface area contributed by atoms with Crippen LogP contribution in [0.5, 0.6) is 0 Å². The van der Waals surface area contributed by atoms with Gasteiger partial charge in [-0.1, -0.05) is 0 Å². The molecule has 0 radical (unpaired) electrons. The topological polar surface area (TPSA) is 163 Å². The number of nitrogens with zero attached hydrogens (tertiary/aromatic N) is 2. The van der Waals surface area contributed by atoms with Crippen LogP contribution in [0.4, 0.5) is 22.7 Å². The molecule has 10 nitrogen and oxygen atoms in total. The SMILES string of the molecule is CCN(CCOS(=O)(=O)OCCN(CC)c1ccc(N)c(CN)c1)c1ccc(N)c(CN)c1. The van der Waals surface area contributed by atoms with Crippen molar-refractivity contribution in [1.29, 1.82) is 0 Å². The summed E-state index contributed by atoms with van der Waals surface area (Å²) < 4.78 is 34.5. The summed E-state index contributed by atoms with van der Waals surface area (Å²) in [6.45, 7) is 6.55. The molecule has 2 aromatic rings. The predicted molar refractivity (Wildman–Crippen MR) is 134 cm³/mol. The Labute approximate surface area is 196 Å². The number of anilines is 4. The highest BCUT2D eigenvalue weighted by Crippen LogP contribution is 2.22. The first kappa shape index (κ1) is 26.7. The van der Waals surface area contributed by atoms with Crippen LogP contribution in [0, 0.1) is 0 Å². The number of hydrogen-bond donors (Lipinski definition) is 4. The average molecular weight is 481 g/mol. The summed E-state index contributed by atoms with van der Waals surface area (Å²) in [5, 5.41) is 0. The summed E-state index contributed by atoms with van der Waals surface area (Å²) >= 11 is 0. The fourth-order valence-corrected chi connectivity index (χ4v) is 4.03. The van der Waals surface area contributed by atoms with Gasteiger partial charge in [0.1, 0.15) is 0 Å². The Bertz CT molecular complexity index is 929. The van der Waals surface area contributed by atoms with Crippen molar-refractivity contribution in [3.8, 4) is 0 Å². The van der Waals surface area contributed by atoms with E-state index in [-0.39, 0.29) is 13.2 Å². The Balaban J connectivity index is 1.86. The quantitative estimate of drug-likeness (QED) is 0.291. The molecule has 0 aromatic heterocycles. The van der Waals surface area contributed by atoms with Gasteiger partial charge in [0.05, 0.1) is 13.2 Å². The molecular weight excluding hydrogens is 444 g/mol. The number of nitrogens with two attached hydrogens (primary N) is 4. The maximum absolute atomic E-state index is 12.2. The maximum atomic E-state index is 12.2. The van der Waals surface area contributed by atoms with Gasteiger partial charge in [-0.05, 0) is 61.4 Å². The molecule has 33 heavy (non-hydrogen) atoms. The molecule has 11 heteroatoms. The van der Waals surface area contributed by atoms with E-state index >= 15 is 0 Å². The zero-order valence-corrected chi connectivity index (χ0v) is 20.2. The van der Waals surface area contributed by atoms with E-state index in [1.165, 1.54) is 0 Å². The van der Waals surface area contributed by atoms with Crippen molar-refractivity contribution in [2.45, 2.75) is 26.9 Å². The van der Waals surface area contributed by atoms with Crippen LogP contribution in [0.15, 0.2) is 36.4 Å². The van der Waals surface area contributed by atoms with Crippen LogP contribution >= 0.6 is 0 Å². The fraction of sp³-hybridized carbons (Fsp3) is 0.455. The molecule has 0 saturated heterocycles. The van der Waals surface area contributed by atoms with Crippen molar-refractivity contribution in [1.82, 2.24) is 0 Å². The lowest BCUT2D eigenvalue weighted by molar-refractivity contribution is 0.221. The van der Waals surface area contributed by atoms with Gasteiger partial charge < -0.3 is 32.7 Å². The first-order valence-electron chi connectivity index (χ1n) is 10.9. The molecule has 0 unspecified atom stereocenters. The van der Waals surface area contributed by atoms with Gasteiger partial charge in [0.2, 0.25) is 0 Å². The molecule has 0 heterocycles. The van der Waals surface area contributed by atoms with E-state index in [1.54, 1.807) is 12.1 Å². The van der Waals surface area contributed by atoms with Gasteiger partial charge in [0.15, 0.2) is 0 Å². The smallest absolute Gasteiger partial charge is 0.398 e. The van der Waals surface area contributed by atoms with E-state index in [0.29, 0.717) is 50.6 Å². The molecule has 0 bridgehead atoms. The second-order valence-corrected chi connectivity index (χ2v) is 8.67. The average Bonchev–Trinajstić information content (AvgIpc) is 2.80. The minimum atomic E-state index is -4.13. The number of rotatable bonds is 14. The van der Waals surface area contributed by atoms with Crippen molar-refractivity contribution in [3.63, 3.8) is 0 Å². The van der Waals surface area contributed by atoms with Gasteiger partial charge in [-0.3, -0.25) is 0 Å². The molecule has 184 valence electrons. The summed E-state index contributed by atoms with van der Waals surface area (Å²) in [7, 11) is -4.13. The normalized spacial score (nSPS) is 11.5. The molecule has 2 rings (SSSR count). The van der Waals surface area contributed by atoms with E-state index in [2.05, 4.69) is 0 Å². The van der Waals surface area contributed by atoms with Gasteiger partial charge in [-0.25, -0.2) is 8.37 Å². The summed E-state index contributed by atoms with van der Waals surface area (Å²) in [6.07, 6.45) is 0. The Morgan fingerprint density at radius 1 is 0.758 bits per heavy atom. The van der Waals surface area contributed by atoms with Crippen molar-refractivity contribution < 1.29 is 16.8 Å². The van der Waals surface area contributed by atoms with Gasteiger partial charge in [0, 0.05) is 62.0 Å². The number of hydrogen-bond acceptors (Lipinski definition) is 10. The van der Waals surface area contributed by atoms with Gasteiger partial charge in [-0.15, -0.1) is 0 Å². The molecule has 8 N–H and O–H groups in total. The highest BCUT2D eigenvalue weighted by molar-refractivity contribution is 7.81. The van der Waals surface area contributed by atoms with E-state index in [1.807, 2.05) is 47.9 Å². The Morgan fingerprint density at radius 3 is 1.48 bits per heavy atom. The van der Waals surface area contributed by atoms with Crippen LogP contribution in [0.2, 0.25) is 0 Å². The summed E-state index contributed by atoms with van der Waals surface area (Å²) in [5.74, 6) is 0. The summed E-state index contributed by atoms with van der Waals surface area (Å²) in [5.41, 5.74) is 28.0. The molecule has 0 fully saturated rings. The lowest BCUT2D eigenvalue weighted by Gasteiger charge is -2.24. The zero-order chi connectivity index (χ0) is 24.4. The third-order valence-corrected chi connectivity index (χ3v) is 6.28. The summed E-state index contributed by atoms with van der Waals surface area (Å²) in [6, 6.07) is 11.1. The second-order valence-electron chi connectivity index (χ2n) is 7.39. The van der Waals surface area contributed by atoms with Gasteiger partial charge in [-0.2, -0.15) is 8.42 Å². The highest BCUT2D eigenvalue weighted by Gasteiger charge is 2.15.